The zero-order chi connectivity index (χ0) is 20.5. The van der Waals surface area contributed by atoms with Crippen LogP contribution in [0.3, 0.4) is 0 Å². The fourth-order valence-corrected chi connectivity index (χ4v) is 4.54. The number of benzene rings is 1. The Morgan fingerprint density at radius 1 is 1.29 bits per heavy atom. The molecule has 28 heavy (non-hydrogen) atoms. The molecule has 0 aliphatic carbocycles. The molecule has 1 aromatic carbocycles. The van der Waals surface area contributed by atoms with E-state index in [-0.39, 0.29) is 22.7 Å². The van der Waals surface area contributed by atoms with Crippen molar-refractivity contribution in [3.63, 3.8) is 0 Å². The number of anilines is 1. The first-order valence-electron chi connectivity index (χ1n) is 9.17. The summed E-state index contributed by atoms with van der Waals surface area (Å²) in [6.45, 7) is 7.24. The molecular weight excluding hydrogens is 421 g/mol. The zero-order valence-electron chi connectivity index (χ0n) is 16.1. The first-order chi connectivity index (χ1) is 13.2. The summed E-state index contributed by atoms with van der Waals surface area (Å²) >= 11 is 12.2. The Bertz CT molecular complexity index is 832. The molecule has 9 heteroatoms. The van der Waals surface area contributed by atoms with Crippen molar-refractivity contribution in [2.45, 2.75) is 44.4 Å². The molecule has 2 unspecified atom stereocenters. The van der Waals surface area contributed by atoms with Gasteiger partial charge in [-0.2, -0.15) is 0 Å². The molecule has 2 N–H and O–H groups in total. The Hall–Kier alpha value is -1.28. The molecule has 3 rings (SSSR count). The van der Waals surface area contributed by atoms with Crippen molar-refractivity contribution >= 4 is 40.2 Å². The van der Waals surface area contributed by atoms with Gasteiger partial charge in [0, 0.05) is 24.7 Å². The van der Waals surface area contributed by atoms with Gasteiger partial charge < -0.3 is 14.4 Å². The fraction of sp³-hybridized carbons (Fsp3) is 0.526. The maximum absolute atomic E-state index is 12.8. The van der Waals surface area contributed by atoms with Gasteiger partial charge in [0.2, 0.25) is 0 Å². The normalized spacial score (nSPS) is 18.2. The number of aromatic hydroxyl groups is 1. The first kappa shape index (κ1) is 21.4. The molecule has 0 bridgehead atoms. The standard InChI is InChI=1S/C19H25Cl2N3O3S/c1-19(2,3)28(26)23-17(13-10-14(20)15(21)11-16(13)25)12-4-7-24(8-5-12)18-22-6-9-27-18/h6,9-12,17,23,25H,4-5,7-8H2,1-3H3. The highest BCUT2D eigenvalue weighted by Crippen LogP contribution is 2.40. The number of nitrogens with one attached hydrogen (secondary N) is 1. The van der Waals surface area contributed by atoms with E-state index in [4.69, 9.17) is 27.6 Å². The maximum Gasteiger partial charge on any atom is 0.297 e. The molecule has 0 saturated carbocycles. The summed E-state index contributed by atoms with van der Waals surface area (Å²) < 4.78 is 21.0. The Morgan fingerprint density at radius 3 is 2.50 bits per heavy atom. The number of hydrogen-bond donors (Lipinski definition) is 2. The monoisotopic (exact) mass is 445 g/mol. The second-order valence-electron chi connectivity index (χ2n) is 7.94. The van der Waals surface area contributed by atoms with E-state index in [1.165, 1.54) is 6.07 Å². The highest BCUT2D eigenvalue weighted by atomic mass is 35.5. The van der Waals surface area contributed by atoms with Gasteiger partial charge in [0.25, 0.3) is 6.01 Å². The van der Waals surface area contributed by atoms with Gasteiger partial charge in [-0.25, -0.2) is 13.9 Å². The van der Waals surface area contributed by atoms with Crippen molar-refractivity contribution in [3.05, 3.63) is 40.2 Å². The summed E-state index contributed by atoms with van der Waals surface area (Å²) in [7, 11) is -1.31. The maximum atomic E-state index is 12.8. The molecule has 1 aliphatic rings. The van der Waals surface area contributed by atoms with E-state index in [0.29, 0.717) is 16.6 Å². The summed E-state index contributed by atoms with van der Waals surface area (Å²) in [6, 6.07) is 3.40. The summed E-state index contributed by atoms with van der Waals surface area (Å²) in [6.07, 6.45) is 4.83. The van der Waals surface area contributed by atoms with Gasteiger partial charge >= 0.3 is 0 Å². The van der Waals surface area contributed by atoms with Crippen LogP contribution in [0.2, 0.25) is 10.0 Å². The predicted molar refractivity (Wildman–Crippen MR) is 113 cm³/mol. The summed E-state index contributed by atoms with van der Waals surface area (Å²) in [5.41, 5.74) is 0.613. The van der Waals surface area contributed by atoms with Crippen molar-refractivity contribution in [1.29, 1.82) is 0 Å². The summed E-state index contributed by atoms with van der Waals surface area (Å²) in [4.78, 5) is 6.29. The SMILES string of the molecule is CC(C)(C)S(=O)NC(c1cc(Cl)c(Cl)cc1O)C1CCN(c2ncco2)CC1. The number of rotatable bonds is 5. The third kappa shape index (κ3) is 4.82. The number of oxazole rings is 1. The minimum atomic E-state index is -1.31. The zero-order valence-corrected chi connectivity index (χ0v) is 18.4. The smallest absolute Gasteiger partial charge is 0.297 e. The number of hydrogen-bond acceptors (Lipinski definition) is 5. The van der Waals surface area contributed by atoms with Crippen LogP contribution in [-0.4, -0.2) is 32.1 Å². The largest absolute Gasteiger partial charge is 0.508 e. The van der Waals surface area contributed by atoms with E-state index in [1.54, 1.807) is 18.5 Å². The molecule has 1 saturated heterocycles. The lowest BCUT2D eigenvalue weighted by Crippen LogP contribution is -2.42. The molecule has 0 amide bonds. The van der Waals surface area contributed by atoms with Crippen LogP contribution in [0.4, 0.5) is 6.01 Å². The van der Waals surface area contributed by atoms with E-state index in [0.717, 1.165) is 25.9 Å². The van der Waals surface area contributed by atoms with Crippen LogP contribution in [0.25, 0.3) is 0 Å². The van der Waals surface area contributed by atoms with E-state index in [9.17, 15) is 9.32 Å². The lowest BCUT2D eigenvalue weighted by molar-refractivity contribution is 0.314. The second kappa shape index (κ2) is 8.61. The summed E-state index contributed by atoms with van der Waals surface area (Å²) in [5.74, 6) is 0.202. The quantitative estimate of drug-likeness (QED) is 0.697. The molecule has 1 aliphatic heterocycles. The minimum Gasteiger partial charge on any atom is -0.508 e. The summed E-state index contributed by atoms with van der Waals surface area (Å²) in [5, 5.41) is 11.2. The third-order valence-electron chi connectivity index (χ3n) is 4.90. The van der Waals surface area contributed by atoms with E-state index in [2.05, 4.69) is 14.6 Å². The molecule has 154 valence electrons. The van der Waals surface area contributed by atoms with Gasteiger partial charge in [-0.3, -0.25) is 0 Å². The number of piperidine rings is 1. The lowest BCUT2D eigenvalue weighted by Gasteiger charge is -2.37. The van der Waals surface area contributed by atoms with Gasteiger partial charge in [0.05, 0.1) is 38.0 Å². The molecule has 1 fully saturated rings. The molecular formula is C19H25Cl2N3O3S. The van der Waals surface area contributed by atoms with Crippen molar-refractivity contribution in [3.8, 4) is 5.75 Å². The fourth-order valence-electron chi connectivity index (χ4n) is 3.30. The Balaban J connectivity index is 1.85. The van der Waals surface area contributed by atoms with Gasteiger partial charge in [-0.1, -0.05) is 23.2 Å². The third-order valence-corrected chi connectivity index (χ3v) is 7.20. The topological polar surface area (TPSA) is 78.6 Å². The van der Waals surface area contributed by atoms with Crippen LogP contribution in [0.5, 0.6) is 5.75 Å². The van der Waals surface area contributed by atoms with Gasteiger partial charge in [-0.05, 0) is 45.6 Å². The van der Waals surface area contributed by atoms with E-state index in [1.807, 2.05) is 20.8 Å². The van der Waals surface area contributed by atoms with Crippen molar-refractivity contribution < 1.29 is 13.7 Å². The van der Waals surface area contributed by atoms with Crippen molar-refractivity contribution in [1.82, 2.24) is 9.71 Å². The van der Waals surface area contributed by atoms with Crippen LogP contribution in [0.15, 0.2) is 29.0 Å². The number of phenols is 1. The minimum absolute atomic E-state index is 0.0490. The molecule has 1 aromatic heterocycles. The van der Waals surface area contributed by atoms with Crippen LogP contribution in [0, 0.1) is 5.92 Å². The van der Waals surface area contributed by atoms with Gasteiger partial charge in [0.1, 0.15) is 12.0 Å². The molecule has 6 nitrogen and oxygen atoms in total. The van der Waals surface area contributed by atoms with Crippen LogP contribution >= 0.6 is 23.2 Å². The van der Waals surface area contributed by atoms with E-state index >= 15 is 0 Å². The molecule has 2 aromatic rings. The predicted octanol–water partition coefficient (Wildman–Crippen LogP) is 4.70. The molecule has 0 radical (unpaired) electrons. The number of nitrogens with zero attached hydrogens (tertiary/aromatic N) is 2. The van der Waals surface area contributed by atoms with E-state index < -0.39 is 15.7 Å². The Morgan fingerprint density at radius 2 is 1.93 bits per heavy atom. The average Bonchev–Trinajstić information content (AvgIpc) is 3.17. The molecule has 0 spiro atoms. The molecule has 2 atom stereocenters. The Labute approximate surface area is 177 Å². The lowest BCUT2D eigenvalue weighted by atomic mass is 9.85. The first-order valence-corrected chi connectivity index (χ1v) is 11.1. The number of halogens is 2. The highest BCUT2D eigenvalue weighted by molar-refractivity contribution is 7.84. The van der Waals surface area contributed by atoms with Gasteiger partial charge in [0.15, 0.2) is 0 Å². The number of aromatic nitrogens is 1. The molecule has 2 heterocycles. The van der Waals surface area contributed by atoms with Crippen LogP contribution < -0.4 is 9.62 Å². The van der Waals surface area contributed by atoms with Crippen LogP contribution in [0.1, 0.15) is 45.2 Å². The van der Waals surface area contributed by atoms with Crippen LogP contribution in [-0.2, 0) is 11.0 Å². The second-order valence-corrected chi connectivity index (χ2v) is 10.8. The Kier molecular flexibility index (Phi) is 6.59. The van der Waals surface area contributed by atoms with Gasteiger partial charge in [-0.15, -0.1) is 0 Å². The average molecular weight is 446 g/mol. The van der Waals surface area contributed by atoms with Crippen molar-refractivity contribution in [2.75, 3.05) is 18.0 Å². The highest BCUT2D eigenvalue weighted by Gasteiger charge is 2.34. The number of phenolic OH excluding ortho intramolecular Hbond substituents is 1. The van der Waals surface area contributed by atoms with Crippen molar-refractivity contribution in [2.24, 2.45) is 5.92 Å².